The number of benzene rings is 1. The maximum Gasteiger partial charge on any atom is 0.173 e. The lowest BCUT2D eigenvalue weighted by atomic mass is 10.2. The predicted molar refractivity (Wildman–Crippen MR) is 111 cm³/mol. The Bertz CT molecular complexity index is 1030. The molecule has 0 unspecified atom stereocenters. The van der Waals surface area contributed by atoms with Gasteiger partial charge in [-0.3, -0.25) is 4.98 Å². The van der Waals surface area contributed by atoms with Crippen LogP contribution >= 0.6 is 15.9 Å². The quantitative estimate of drug-likeness (QED) is 0.505. The lowest BCUT2D eigenvalue weighted by molar-refractivity contribution is 0.874. The van der Waals surface area contributed by atoms with Crippen LogP contribution < -0.4 is 10.2 Å². The fourth-order valence-electron chi connectivity index (χ4n) is 2.88. The SMILES string of the molecule is CN(Cc1ccccc1)c1cc(NCc2cccnc2)n2ncc(Br)c2n1. The molecule has 0 fully saturated rings. The number of aromatic nitrogens is 4. The predicted octanol–water partition coefficient (Wildman–Crippen LogP) is 4.14. The van der Waals surface area contributed by atoms with E-state index in [2.05, 4.69) is 48.4 Å². The van der Waals surface area contributed by atoms with Gasteiger partial charge in [0.1, 0.15) is 11.6 Å². The van der Waals surface area contributed by atoms with E-state index in [1.54, 1.807) is 16.9 Å². The highest BCUT2D eigenvalue weighted by Crippen LogP contribution is 2.25. The molecule has 27 heavy (non-hydrogen) atoms. The first kappa shape index (κ1) is 17.5. The molecule has 0 aliphatic carbocycles. The Morgan fingerprint density at radius 2 is 1.89 bits per heavy atom. The van der Waals surface area contributed by atoms with Crippen molar-refractivity contribution in [3.05, 3.63) is 82.7 Å². The molecule has 6 nitrogen and oxygen atoms in total. The number of nitrogens with one attached hydrogen (secondary N) is 1. The highest BCUT2D eigenvalue weighted by molar-refractivity contribution is 9.10. The third-order valence-corrected chi connectivity index (χ3v) is 4.82. The lowest BCUT2D eigenvalue weighted by Crippen LogP contribution is -2.19. The Balaban J connectivity index is 1.64. The van der Waals surface area contributed by atoms with Crippen LogP contribution in [0.3, 0.4) is 0 Å². The van der Waals surface area contributed by atoms with Gasteiger partial charge in [0, 0.05) is 38.6 Å². The molecule has 0 radical (unpaired) electrons. The van der Waals surface area contributed by atoms with Gasteiger partial charge < -0.3 is 10.2 Å². The van der Waals surface area contributed by atoms with Gasteiger partial charge >= 0.3 is 0 Å². The maximum atomic E-state index is 4.77. The molecule has 1 aromatic carbocycles. The Hall–Kier alpha value is -2.93. The van der Waals surface area contributed by atoms with Crippen LogP contribution in [-0.4, -0.2) is 26.6 Å². The molecule has 7 heteroatoms. The molecule has 136 valence electrons. The smallest absolute Gasteiger partial charge is 0.173 e. The monoisotopic (exact) mass is 422 g/mol. The molecule has 0 saturated heterocycles. The lowest BCUT2D eigenvalue weighted by Gasteiger charge is -2.20. The molecule has 0 aliphatic heterocycles. The van der Waals surface area contributed by atoms with Crippen molar-refractivity contribution in [1.29, 1.82) is 0 Å². The van der Waals surface area contributed by atoms with Gasteiger partial charge in [-0.15, -0.1) is 0 Å². The van der Waals surface area contributed by atoms with Gasteiger partial charge in [-0.1, -0.05) is 36.4 Å². The Labute approximate surface area is 166 Å². The number of rotatable bonds is 6. The third kappa shape index (κ3) is 3.93. The Morgan fingerprint density at radius 1 is 1.07 bits per heavy atom. The van der Waals surface area contributed by atoms with Gasteiger partial charge in [0.05, 0.1) is 10.7 Å². The molecule has 3 heterocycles. The van der Waals surface area contributed by atoms with Crippen molar-refractivity contribution < 1.29 is 0 Å². The van der Waals surface area contributed by atoms with Crippen molar-refractivity contribution in [3.63, 3.8) is 0 Å². The summed E-state index contributed by atoms with van der Waals surface area (Å²) < 4.78 is 2.67. The van der Waals surface area contributed by atoms with Crippen LogP contribution in [0.1, 0.15) is 11.1 Å². The zero-order valence-electron chi connectivity index (χ0n) is 14.9. The first-order chi connectivity index (χ1) is 13.2. The molecule has 0 atom stereocenters. The van der Waals surface area contributed by atoms with E-state index in [1.807, 2.05) is 49.6 Å². The number of nitrogens with zero attached hydrogens (tertiary/aromatic N) is 5. The van der Waals surface area contributed by atoms with Crippen LogP contribution in [0.25, 0.3) is 5.65 Å². The summed E-state index contributed by atoms with van der Waals surface area (Å²) in [7, 11) is 2.04. The number of pyridine rings is 1. The standard InChI is InChI=1S/C20H19BrN6/c1-26(14-15-6-3-2-4-7-15)19-10-18(23-12-16-8-5-9-22-11-16)27-20(25-19)17(21)13-24-27/h2-11,13,23H,12,14H2,1H3. The van der Waals surface area contributed by atoms with Crippen molar-refractivity contribution in [2.24, 2.45) is 0 Å². The average molecular weight is 423 g/mol. The van der Waals surface area contributed by atoms with E-state index in [0.29, 0.717) is 6.54 Å². The maximum absolute atomic E-state index is 4.77. The van der Waals surface area contributed by atoms with Crippen molar-refractivity contribution in [1.82, 2.24) is 19.6 Å². The normalized spacial score (nSPS) is 10.9. The summed E-state index contributed by atoms with van der Waals surface area (Å²) in [4.78, 5) is 11.1. The van der Waals surface area contributed by atoms with Crippen molar-refractivity contribution in [3.8, 4) is 0 Å². The van der Waals surface area contributed by atoms with E-state index >= 15 is 0 Å². The molecule has 0 saturated carbocycles. The fourth-order valence-corrected chi connectivity index (χ4v) is 3.23. The van der Waals surface area contributed by atoms with Crippen LogP contribution in [0.15, 0.2) is 71.6 Å². The highest BCUT2D eigenvalue weighted by Gasteiger charge is 2.13. The number of hydrogen-bond donors (Lipinski definition) is 1. The summed E-state index contributed by atoms with van der Waals surface area (Å²) in [6.07, 6.45) is 5.39. The van der Waals surface area contributed by atoms with E-state index in [0.717, 1.165) is 33.9 Å². The minimum absolute atomic E-state index is 0.659. The molecule has 0 bridgehead atoms. The first-order valence-electron chi connectivity index (χ1n) is 8.63. The second kappa shape index (κ2) is 7.75. The summed E-state index contributed by atoms with van der Waals surface area (Å²) >= 11 is 3.55. The van der Waals surface area contributed by atoms with Crippen LogP contribution in [0.2, 0.25) is 0 Å². The van der Waals surface area contributed by atoms with Gasteiger partial charge in [0.15, 0.2) is 5.65 Å². The molecule has 0 aliphatic rings. The van der Waals surface area contributed by atoms with Crippen molar-refractivity contribution in [2.75, 3.05) is 17.3 Å². The van der Waals surface area contributed by atoms with Crippen LogP contribution in [0.5, 0.6) is 0 Å². The van der Waals surface area contributed by atoms with Crippen LogP contribution in [-0.2, 0) is 13.1 Å². The summed E-state index contributed by atoms with van der Waals surface area (Å²) in [5, 5.41) is 7.87. The molecule has 3 aromatic heterocycles. The molecule has 4 aromatic rings. The summed E-state index contributed by atoms with van der Waals surface area (Å²) in [6.45, 7) is 1.43. The average Bonchev–Trinajstić information content (AvgIpc) is 3.09. The topological polar surface area (TPSA) is 58.4 Å². The van der Waals surface area contributed by atoms with E-state index < -0.39 is 0 Å². The van der Waals surface area contributed by atoms with E-state index in [9.17, 15) is 0 Å². The van der Waals surface area contributed by atoms with Gasteiger partial charge in [-0.25, -0.2) is 4.98 Å². The van der Waals surface area contributed by atoms with Gasteiger partial charge in [0.2, 0.25) is 0 Å². The van der Waals surface area contributed by atoms with Crippen LogP contribution in [0.4, 0.5) is 11.6 Å². The Morgan fingerprint density at radius 3 is 2.67 bits per heavy atom. The zero-order chi connectivity index (χ0) is 18.6. The molecule has 0 spiro atoms. The van der Waals surface area contributed by atoms with Crippen molar-refractivity contribution in [2.45, 2.75) is 13.1 Å². The minimum atomic E-state index is 0.659. The van der Waals surface area contributed by atoms with Gasteiger partial charge in [-0.2, -0.15) is 9.61 Å². The summed E-state index contributed by atoms with van der Waals surface area (Å²) in [6, 6.07) is 16.4. The molecule has 4 rings (SSSR count). The highest BCUT2D eigenvalue weighted by atomic mass is 79.9. The van der Waals surface area contributed by atoms with E-state index in [1.165, 1.54) is 5.56 Å². The third-order valence-electron chi connectivity index (χ3n) is 4.27. The molecular formula is C20H19BrN6. The summed E-state index contributed by atoms with van der Waals surface area (Å²) in [5.74, 6) is 1.76. The number of anilines is 2. The number of fused-ring (bicyclic) bond motifs is 1. The van der Waals surface area contributed by atoms with Crippen molar-refractivity contribution >= 4 is 33.2 Å². The van der Waals surface area contributed by atoms with Crippen LogP contribution in [0, 0.1) is 0 Å². The van der Waals surface area contributed by atoms with E-state index in [4.69, 9.17) is 4.98 Å². The van der Waals surface area contributed by atoms with E-state index in [-0.39, 0.29) is 0 Å². The number of hydrogen-bond acceptors (Lipinski definition) is 5. The zero-order valence-corrected chi connectivity index (χ0v) is 16.5. The van der Waals surface area contributed by atoms with Gasteiger partial charge in [-0.05, 0) is 33.1 Å². The summed E-state index contributed by atoms with van der Waals surface area (Å²) in [5.41, 5.74) is 3.12. The number of halogens is 1. The Kier molecular flexibility index (Phi) is 5.02. The second-order valence-electron chi connectivity index (χ2n) is 6.28. The second-order valence-corrected chi connectivity index (χ2v) is 7.14. The largest absolute Gasteiger partial charge is 0.366 e. The fraction of sp³-hybridized carbons (Fsp3) is 0.150. The molecule has 0 amide bonds. The molecular weight excluding hydrogens is 404 g/mol. The van der Waals surface area contributed by atoms with Gasteiger partial charge in [0.25, 0.3) is 0 Å². The first-order valence-corrected chi connectivity index (χ1v) is 9.42. The molecule has 1 N–H and O–H groups in total. The minimum Gasteiger partial charge on any atom is -0.366 e.